The smallest absolute Gasteiger partial charge is 0.249 e. The summed E-state index contributed by atoms with van der Waals surface area (Å²) in [5, 5.41) is 8.90. The van der Waals surface area contributed by atoms with E-state index in [2.05, 4.69) is 13.8 Å². The molecule has 0 heterocycles. The van der Waals surface area contributed by atoms with Crippen molar-refractivity contribution < 1.29 is 14.6 Å². The summed E-state index contributed by atoms with van der Waals surface area (Å²) >= 11 is 0. The molecule has 0 saturated carbocycles. The molecule has 0 unspecified atom stereocenters. The number of carbonyl (C=O) groups excluding carboxylic acids is 1. The van der Waals surface area contributed by atoms with Gasteiger partial charge in [0.2, 0.25) is 5.91 Å². The van der Waals surface area contributed by atoms with E-state index >= 15 is 0 Å². The molecule has 4 heteroatoms. The van der Waals surface area contributed by atoms with Gasteiger partial charge in [0.05, 0.1) is 13.2 Å². The zero-order chi connectivity index (χ0) is 14.3. The van der Waals surface area contributed by atoms with Crippen molar-refractivity contribution in [2.45, 2.75) is 26.7 Å². The van der Waals surface area contributed by atoms with Gasteiger partial charge in [0.15, 0.2) is 0 Å². The third kappa shape index (κ3) is 4.56. The van der Waals surface area contributed by atoms with Crippen LogP contribution >= 0.6 is 0 Å². The van der Waals surface area contributed by atoms with Gasteiger partial charge in [0, 0.05) is 12.0 Å². The minimum Gasteiger partial charge on any atom is -0.493 e. The lowest BCUT2D eigenvalue weighted by atomic mass is 10.0. The average Bonchev–Trinajstić information content (AvgIpc) is 2.41. The number of benzene rings is 1. The van der Waals surface area contributed by atoms with Crippen LogP contribution in [0.2, 0.25) is 0 Å². The minimum atomic E-state index is -0.521. The fourth-order valence-electron chi connectivity index (χ4n) is 1.85. The first-order valence-corrected chi connectivity index (χ1v) is 6.63. The van der Waals surface area contributed by atoms with Gasteiger partial charge in [-0.05, 0) is 23.6 Å². The van der Waals surface area contributed by atoms with Crippen LogP contribution in [0.25, 0.3) is 0 Å². The van der Waals surface area contributed by atoms with Crippen LogP contribution in [0.5, 0.6) is 5.75 Å². The number of aliphatic hydroxyl groups excluding tert-OH is 1. The van der Waals surface area contributed by atoms with Gasteiger partial charge in [0.1, 0.15) is 5.75 Å². The van der Waals surface area contributed by atoms with E-state index in [0.29, 0.717) is 29.4 Å². The zero-order valence-corrected chi connectivity index (χ0v) is 11.6. The number of aliphatic hydroxyl groups is 1. The Hall–Kier alpha value is -1.55. The number of amides is 1. The van der Waals surface area contributed by atoms with Crippen molar-refractivity contribution in [3.05, 3.63) is 35.7 Å². The second-order valence-corrected chi connectivity index (χ2v) is 4.49. The molecule has 0 aromatic heterocycles. The molecule has 1 radical (unpaired) electrons. The first-order chi connectivity index (χ1) is 9.12. The van der Waals surface area contributed by atoms with E-state index in [0.717, 1.165) is 12.8 Å². The number of primary amides is 1. The summed E-state index contributed by atoms with van der Waals surface area (Å²) in [6.45, 7) is 4.76. The van der Waals surface area contributed by atoms with E-state index < -0.39 is 5.91 Å². The van der Waals surface area contributed by atoms with Gasteiger partial charge in [-0.3, -0.25) is 4.79 Å². The van der Waals surface area contributed by atoms with Gasteiger partial charge in [-0.25, -0.2) is 0 Å². The summed E-state index contributed by atoms with van der Waals surface area (Å²) in [7, 11) is 0. The summed E-state index contributed by atoms with van der Waals surface area (Å²) in [5.41, 5.74) is 6.33. The maximum atomic E-state index is 11.4. The first kappa shape index (κ1) is 15.5. The van der Waals surface area contributed by atoms with E-state index in [9.17, 15) is 4.79 Å². The highest BCUT2D eigenvalue weighted by Crippen LogP contribution is 2.20. The molecule has 0 aliphatic carbocycles. The Bertz CT molecular complexity index is 414. The second kappa shape index (κ2) is 7.79. The second-order valence-electron chi connectivity index (χ2n) is 4.49. The first-order valence-electron chi connectivity index (χ1n) is 6.63. The van der Waals surface area contributed by atoms with E-state index in [-0.39, 0.29) is 6.61 Å². The van der Waals surface area contributed by atoms with Crippen LogP contribution in [0.1, 0.15) is 42.6 Å². The molecule has 1 rings (SSSR count). The summed E-state index contributed by atoms with van der Waals surface area (Å²) < 4.78 is 5.69. The van der Waals surface area contributed by atoms with Crippen molar-refractivity contribution in [3.8, 4) is 5.75 Å². The van der Waals surface area contributed by atoms with E-state index in [1.807, 2.05) is 0 Å². The van der Waals surface area contributed by atoms with E-state index in [1.165, 1.54) is 0 Å². The predicted octanol–water partition coefficient (Wildman–Crippen LogP) is 2.15. The lowest BCUT2D eigenvalue weighted by molar-refractivity contribution is 0.0999. The van der Waals surface area contributed by atoms with Gasteiger partial charge < -0.3 is 15.6 Å². The highest BCUT2D eigenvalue weighted by Gasteiger charge is 2.11. The Morgan fingerprint density at radius 1 is 1.42 bits per heavy atom. The highest BCUT2D eigenvalue weighted by molar-refractivity contribution is 5.95. The third-order valence-corrected chi connectivity index (χ3v) is 3.24. The molecule has 0 saturated heterocycles. The average molecular weight is 264 g/mol. The molecule has 1 aromatic carbocycles. The molecule has 1 aromatic rings. The lowest BCUT2D eigenvalue weighted by Crippen LogP contribution is -2.15. The van der Waals surface area contributed by atoms with Crippen molar-refractivity contribution in [2.24, 2.45) is 11.7 Å². The van der Waals surface area contributed by atoms with Crippen LogP contribution in [-0.2, 0) is 0 Å². The molecular weight excluding hydrogens is 242 g/mol. The lowest BCUT2D eigenvalue weighted by Gasteiger charge is -2.15. The third-order valence-electron chi connectivity index (χ3n) is 3.24. The van der Waals surface area contributed by atoms with Gasteiger partial charge in [-0.1, -0.05) is 32.8 Å². The van der Waals surface area contributed by atoms with Crippen molar-refractivity contribution in [3.63, 3.8) is 0 Å². The predicted molar refractivity (Wildman–Crippen MR) is 75.0 cm³/mol. The fraction of sp³-hybridized carbons (Fsp3) is 0.467. The van der Waals surface area contributed by atoms with Crippen LogP contribution in [0.3, 0.4) is 0 Å². The van der Waals surface area contributed by atoms with Crippen molar-refractivity contribution in [1.82, 2.24) is 0 Å². The van der Waals surface area contributed by atoms with Crippen molar-refractivity contribution in [2.75, 3.05) is 13.2 Å². The molecule has 0 fully saturated rings. The number of ether oxygens (including phenoxy) is 1. The summed E-state index contributed by atoms with van der Waals surface area (Å²) in [4.78, 5) is 11.4. The van der Waals surface area contributed by atoms with Crippen molar-refractivity contribution >= 4 is 5.91 Å². The molecule has 0 aliphatic heterocycles. The highest BCUT2D eigenvalue weighted by atomic mass is 16.5. The molecule has 3 N–H and O–H groups in total. The molecule has 4 nitrogen and oxygen atoms in total. The normalized spacial score (nSPS) is 10.7. The standard InChI is InChI=1S/C15H22NO3/c1-3-11(4-2)10-19-13-6-5-12(7-8-17)14(9-13)15(16)18/h5-7,9,11,17H,3-4,8,10H2,1-2H3,(H2,16,18). The quantitative estimate of drug-likeness (QED) is 0.755. The van der Waals surface area contributed by atoms with E-state index in [4.69, 9.17) is 15.6 Å². The number of carbonyl (C=O) groups is 1. The summed E-state index contributed by atoms with van der Waals surface area (Å²) in [6, 6.07) is 5.15. The number of nitrogens with two attached hydrogens (primary N) is 1. The van der Waals surface area contributed by atoms with Crippen LogP contribution < -0.4 is 10.5 Å². The molecule has 0 atom stereocenters. The Morgan fingerprint density at radius 3 is 2.63 bits per heavy atom. The van der Waals surface area contributed by atoms with Gasteiger partial charge in [-0.2, -0.15) is 0 Å². The largest absolute Gasteiger partial charge is 0.493 e. The minimum absolute atomic E-state index is 0.131. The van der Waals surface area contributed by atoms with Crippen LogP contribution in [0.4, 0.5) is 0 Å². The fourth-order valence-corrected chi connectivity index (χ4v) is 1.85. The van der Waals surface area contributed by atoms with Crippen LogP contribution in [-0.4, -0.2) is 24.2 Å². The van der Waals surface area contributed by atoms with E-state index in [1.54, 1.807) is 24.6 Å². The maximum absolute atomic E-state index is 11.4. The maximum Gasteiger partial charge on any atom is 0.249 e. The zero-order valence-electron chi connectivity index (χ0n) is 11.6. The summed E-state index contributed by atoms with van der Waals surface area (Å²) in [5.74, 6) is 0.629. The topological polar surface area (TPSA) is 72.6 Å². The monoisotopic (exact) mass is 264 g/mol. The Balaban J connectivity index is 2.80. The van der Waals surface area contributed by atoms with Gasteiger partial charge in [-0.15, -0.1) is 0 Å². The Labute approximate surface area is 114 Å². The SMILES string of the molecule is CCC(CC)COc1ccc([CH]CO)c(C(N)=O)c1. The van der Waals surface area contributed by atoms with Gasteiger partial charge >= 0.3 is 0 Å². The van der Waals surface area contributed by atoms with Crippen LogP contribution in [0, 0.1) is 12.3 Å². The number of hydrogen-bond donors (Lipinski definition) is 2. The Kier molecular flexibility index (Phi) is 6.36. The number of rotatable bonds is 8. The van der Waals surface area contributed by atoms with Crippen molar-refractivity contribution in [1.29, 1.82) is 0 Å². The molecular formula is C15H22NO3. The van der Waals surface area contributed by atoms with Crippen LogP contribution in [0.15, 0.2) is 18.2 Å². The van der Waals surface area contributed by atoms with Gasteiger partial charge in [0.25, 0.3) is 0 Å². The molecule has 1 amide bonds. The molecule has 0 bridgehead atoms. The molecule has 0 spiro atoms. The number of hydrogen-bond acceptors (Lipinski definition) is 3. The molecule has 105 valence electrons. The molecule has 19 heavy (non-hydrogen) atoms. The Morgan fingerprint density at radius 2 is 2.11 bits per heavy atom. The summed E-state index contributed by atoms with van der Waals surface area (Å²) in [6.07, 6.45) is 3.68. The molecule has 0 aliphatic rings.